The summed E-state index contributed by atoms with van der Waals surface area (Å²) in [6.45, 7) is 0. The summed E-state index contributed by atoms with van der Waals surface area (Å²) in [4.78, 5) is 15.3. The van der Waals surface area contributed by atoms with E-state index in [4.69, 9.17) is 5.11 Å². The first kappa shape index (κ1) is 12.2. The number of hydrogen-bond acceptors (Lipinski definition) is 5. The highest BCUT2D eigenvalue weighted by Crippen LogP contribution is 2.26. The Kier molecular flexibility index (Phi) is 3.86. The van der Waals surface area contributed by atoms with Crippen LogP contribution in [0.1, 0.15) is 6.42 Å². The number of carboxylic acids is 1. The van der Waals surface area contributed by atoms with Gasteiger partial charge in [0, 0.05) is 0 Å². The van der Waals surface area contributed by atoms with Gasteiger partial charge in [0.1, 0.15) is 6.04 Å². The number of thiol groups is 1. The van der Waals surface area contributed by atoms with Gasteiger partial charge in [-0.1, -0.05) is 23.5 Å². The third kappa shape index (κ3) is 2.89. The van der Waals surface area contributed by atoms with Crippen LogP contribution in [0.3, 0.4) is 0 Å². The summed E-state index contributed by atoms with van der Waals surface area (Å²) in [5, 5.41) is 12.6. The Bertz CT molecular complexity index is 494. The van der Waals surface area contributed by atoms with Gasteiger partial charge < -0.3 is 10.4 Å². The number of rotatable bonds is 5. The highest BCUT2D eigenvalue weighted by Gasteiger charge is 2.17. The molecule has 0 spiro atoms. The molecule has 0 fully saturated rings. The third-order valence-electron chi connectivity index (χ3n) is 2.31. The maximum absolute atomic E-state index is 11.0. The first-order chi connectivity index (χ1) is 8.20. The summed E-state index contributed by atoms with van der Waals surface area (Å²) in [6.07, 6.45) is 0.467. The molecule has 2 N–H and O–H groups in total. The fourth-order valence-electron chi connectivity index (χ4n) is 1.47. The number of carboxylic acid groups (broad SMARTS) is 1. The van der Waals surface area contributed by atoms with Gasteiger partial charge >= 0.3 is 5.97 Å². The Morgan fingerprint density at radius 1 is 1.53 bits per heavy atom. The molecule has 2 aromatic rings. The Morgan fingerprint density at radius 2 is 2.29 bits per heavy atom. The summed E-state index contributed by atoms with van der Waals surface area (Å²) in [7, 11) is 0. The summed E-state index contributed by atoms with van der Waals surface area (Å²) >= 11 is 5.51. The van der Waals surface area contributed by atoms with E-state index in [1.54, 1.807) is 0 Å². The van der Waals surface area contributed by atoms with E-state index < -0.39 is 12.0 Å². The molecule has 1 heterocycles. The molecule has 0 saturated heterocycles. The molecule has 0 aliphatic rings. The number of carbonyl (C=O) groups is 1. The summed E-state index contributed by atoms with van der Waals surface area (Å²) < 4.78 is 1.05. The predicted molar refractivity (Wildman–Crippen MR) is 73.1 cm³/mol. The molecule has 0 amide bonds. The second-order valence-electron chi connectivity index (χ2n) is 3.53. The van der Waals surface area contributed by atoms with E-state index in [0.717, 1.165) is 10.2 Å². The Hall–Kier alpha value is -1.27. The van der Waals surface area contributed by atoms with E-state index in [1.807, 2.05) is 24.3 Å². The fraction of sp³-hybridized carbons (Fsp3) is 0.273. The zero-order valence-electron chi connectivity index (χ0n) is 8.96. The zero-order valence-corrected chi connectivity index (χ0v) is 10.7. The molecular weight excluding hydrogens is 256 g/mol. The van der Waals surface area contributed by atoms with E-state index in [-0.39, 0.29) is 0 Å². The smallest absolute Gasteiger partial charge is 0.326 e. The summed E-state index contributed by atoms with van der Waals surface area (Å²) in [6, 6.07) is 7.09. The number of nitrogens with one attached hydrogen (secondary N) is 1. The van der Waals surface area contributed by atoms with Crippen LogP contribution >= 0.6 is 24.0 Å². The molecule has 1 aromatic heterocycles. The van der Waals surface area contributed by atoms with E-state index in [9.17, 15) is 4.79 Å². The number of aliphatic carboxylic acids is 1. The van der Waals surface area contributed by atoms with Crippen LogP contribution in [0.4, 0.5) is 5.13 Å². The number of hydrogen-bond donors (Lipinski definition) is 3. The van der Waals surface area contributed by atoms with E-state index >= 15 is 0 Å². The van der Waals surface area contributed by atoms with Crippen molar-refractivity contribution in [3.63, 3.8) is 0 Å². The Morgan fingerprint density at radius 3 is 2.94 bits per heavy atom. The van der Waals surface area contributed by atoms with Gasteiger partial charge in [-0.05, 0) is 24.3 Å². The van der Waals surface area contributed by atoms with Crippen molar-refractivity contribution in [3.05, 3.63) is 24.3 Å². The highest BCUT2D eigenvalue weighted by molar-refractivity contribution is 7.80. The van der Waals surface area contributed by atoms with Gasteiger partial charge in [0.05, 0.1) is 10.2 Å². The van der Waals surface area contributed by atoms with Crippen LogP contribution < -0.4 is 5.32 Å². The average molecular weight is 268 g/mol. The van der Waals surface area contributed by atoms with Crippen molar-refractivity contribution in [3.8, 4) is 0 Å². The topological polar surface area (TPSA) is 62.2 Å². The highest BCUT2D eigenvalue weighted by atomic mass is 32.1. The maximum Gasteiger partial charge on any atom is 0.326 e. The van der Waals surface area contributed by atoms with Crippen LogP contribution in [-0.2, 0) is 4.79 Å². The molecule has 0 aliphatic carbocycles. The second-order valence-corrected chi connectivity index (χ2v) is 5.01. The van der Waals surface area contributed by atoms with Crippen molar-refractivity contribution in [1.82, 2.24) is 4.98 Å². The quantitative estimate of drug-likeness (QED) is 0.729. The molecule has 0 aliphatic heterocycles. The van der Waals surface area contributed by atoms with Crippen molar-refractivity contribution in [1.29, 1.82) is 0 Å². The summed E-state index contributed by atoms with van der Waals surface area (Å²) in [5.41, 5.74) is 0.884. The maximum atomic E-state index is 11.0. The number of aromatic nitrogens is 1. The SMILES string of the molecule is O=C(O)C(CCS)Nc1nc2ccccc2s1. The van der Waals surface area contributed by atoms with Gasteiger partial charge in [0.25, 0.3) is 0 Å². The fourth-order valence-corrected chi connectivity index (χ4v) is 2.65. The molecule has 2 rings (SSSR count). The van der Waals surface area contributed by atoms with Gasteiger partial charge in [0.2, 0.25) is 0 Å². The molecule has 1 aromatic carbocycles. The third-order valence-corrected chi connectivity index (χ3v) is 3.53. The number of para-hydroxylation sites is 1. The number of thiazole rings is 1. The first-order valence-electron chi connectivity index (χ1n) is 5.16. The molecule has 0 radical (unpaired) electrons. The predicted octanol–water partition coefficient (Wildman–Crippen LogP) is 2.48. The van der Waals surface area contributed by atoms with Crippen LogP contribution in [0.15, 0.2) is 24.3 Å². The van der Waals surface area contributed by atoms with Crippen molar-refractivity contribution < 1.29 is 9.90 Å². The van der Waals surface area contributed by atoms with Gasteiger partial charge in [-0.3, -0.25) is 0 Å². The standard InChI is InChI=1S/C11H12N2O2S2/c14-10(15)8(5-6-16)13-11-12-7-3-1-2-4-9(7)17-11/h1-4,8,16H,5-6H2,(H,12,13)(H,14,15). The largest absolute Gasteiger partial charge is 0.480 e. The van der Waals surface area contributed by atoms with Crippen LogP contribution in [-0.4, -0.2) is 27.9 Å². The zero-order chi connectivity index (χ0) is 12.3. The van der Waals surface area contributed by atoms with Crippen LogP contribution in [0.5, 0.6) is 0 Å². The van der Waals surface area contributed by atoms with Crippen molar-refractivity contribution in [2.24, 2.45) is 0 Å². The molecule has 90 valence electrons. The molecule has 0 bridgehead atoms. The first-order valence-corrected chi connectivity index (χ1v) is 6.61. The van der Waals surface area contributed by atoms with E-state index in [1.165, 1.54) is 11.3 Å². The molecule has 6 heteroatoms. The summed E-state index contributed by atoms with van der Waals surface area (Å²) in [5.74, 6) is -0.354. The normalized spacial score (nSPS) is 12.5. The van der Waals surface area contributed by atoms with Crippen LogP contribution in [0.25, 0.3) is 10.2 Å². The van der Waals surface area contributed by atoms with Crippen molar-refractivity contribution >= 4 is 45.3 Å². The van der Waals surface area contributed by atoms with E-state index in [2.05, 4.69) is 22.9 Å². The Balaban J connectivity index is 2.19. The minimum atomic E-state index is -0.877. The lowest BCUT2D eigenvalue weighted by molar-refractivity contribution is -0.137. The second kappa shape index (κ2) is 5.37. The van der Waals surface area contributed by atoms with Crippen LogP contribution in [0, 0.1) is 0 Å². The molecule has 17 heavy (non-hydrogen) atoms. The van der Waals surface area contributed by atoms with Crippen LogP contribution in [0.2, 0.25) is 0 Å². The van der Waals surface area contributed by atoms with E-state index in [0.29, 0.717) is 17.3 Å². The Labute approximate surface area is 108 Å². The van der Waals surface area contributed by atoms with Crippen molar-refractivity contribution in [2.45, 2.75) is 12.5 Å². The lowest BCUT2D eigenvalue weighted by Gasteiger charge is -2.11. The van der Waals surface area contributed by atoms with Crippen molar-refractivity contribution in [2.75, 3.05) is 11.1 Å². The van der Waals surface area contributed by atoms with Gasteiger partial charge in [0.15, 0.2) is 5.13 Å². The lowest BCUT2D eigenvalue weighted by atomic mass is 10.2. The minimum Gasteiger partial charge on any atom is -0.480 e. The van der Waals surface area contributed by atoms with Gasteiger partial charge in [-0.15, -0.1) is 0 Å². The molecular formula is C11H12N2O2S2. The van der Waals surface area contributed by atoms with Gasteiger partial charge in [-0.2, -0.15) is 12.6 Å². The monoisotopic (exact) mass is 268 g/mol. The molecule has 1 atom stereocenters. The average Bonchev–Trinajstić information content (AvgIpc) is 2.70. The molecule has 1 unspecified atom stereocenters. The molecule has 0 saturated carbocycles. The number of fused-ring (bicyclic) bond motifs is 1. The molecule has 4 nitrogen and oxygen atoms in total. The number of anilines is 1. The number of benzene rings is 1. The minimum absolute atomic E-state index is 0.467. The van der Waals surface area contributed by atoms with Gasteiger partial charge in [-0.25, -0.2) is 9.78 Å². The lowest BCUT2D eigenvalue weighted by Crippen LogP contribution is -2.29. The number of nitrogens with zero attached hydrogens (tertiary/aromatic N) is 1.